The van der Waals surface area contributed by atoms with Crippen LogP contribution in [0.2, 0.25) is 19.6 Å². The number of alkyl halides is 3. The van der Waals surface area contributed by atoms with Crippen molar-refractivity contribution in [3.63, 3.8) is 0 Å². The second-order valence-corrected chi connectivity index (χ2v) is 11.3. The van der Waals surface area contributed by atoms with Crippen LogP contribution in [-0.2, 0) is 13.9 Å². The molecule has 1 aliphatic heterocycles. The average molecular weight is 329 g/mol. The normalized spacial score (nSPS) is 24.3. The topological polar surface area (TPSA) is 48.0 Å². The fourth-order valence-corrected chi connectivity index (χ4v) is 2.98. The Bertz CT molecular complexity index is 403. The summed E-state index contributed by atoms with van der Waals surface area (Å²) in [5.41, 5.74) is -0.791. The lowest BCUT2D eigenvalue weighted by atomic mass is 10.2. The summed E-state index contributed by atoms with van der Waals surface area (Å²) in [6.07, 6.45) is -5.59. The number of hydrogen-bond acceptors (Lipinski definition) is 4. The fourth-order valence-electron chi connectivity index (χ4n) is 1.75. The molecule has 1 atom stereocenters. The van der Waals surface area contributed by atoms with E-state index in [0.29, 0.717) is 0 Å². The summed E-state index contributed by atoms with van der Waals surface area (Å²) in [5, 5.41) is 0. The molecule has 1 amide bonds. The number of hydrogen-bond donors (Lipinski definition) is 0. The van der Waals surface area contributed by atoms with Gasteiger partial charge in [-0.15, -0.1) is 0 Å². The van der Waals surface area contributed by atoms with E-state index in [-0.39, 0.29) is 0 Å². The quantitative estimate of drug-likeness (QED) is 0.729. The SMILES string of the molecule is CC(C)(C)OC(=O)N1COC(O[Si](C)(C)C)(C(F)(F)F)C1. The first-order valence-corrected chi connectivity index (χ1v) is 9.95. The van der Waals surface area contributed by atoms with Crippen molar-refractivity contribution >= 4 is 14.4 Å². The van der Waals surface area contributed by atoms with Crippen LogP contribution in [0.4, 0.5) is 18.0 Å². The molecule has 0 aromatic rings. The molecule has 1 rings (SSSR count). The first kappa shape index (κ1) is 18.2. The number of carbonyl (C=O) groups excluding carboxylic acids is 1. The van der Waals surface area contributed by atoms with E-state index < -0.39 is 45.3 Å². The van der Waals surface area contributed by atoms with Gasteiger partial charge in [0.1, 0.15) is 12.3 Å². The monoisotopic (exact) mass is 329 g/mol. The molecule has 1 heterocycles. The van der Waals surface area contributed by atoms with Crippen molar-refractivity contribution in [2.75, 3.05) is 13.3 Å². The summed E-state index contributed by atoms with van der Waals surface area (Å²) in [6, 6.07) is 0. The Hall–Kier alpha value is -0.803. The zero-order valence-corrected chi connectivity index (χ0v) is 14.1. The molecule has 1 fully saturated rings. The molecule has 0 radical (unpaired) electrons. The highest BCUT2D eigenvalue weighted by atomic mass is 28.4. The van der Waals surface area contributed by atoms with Crippen LogP contribution < -0.4 is 0 Å². The summed E-state index contributed by atoms with van der Waals surface area (Å²) in [7, 11) is -2.54. The third-order valence-electron chi connectivity index (χ3n) is 2.41. The summed E-state index contributed by atoms with van der Waals surface area (Å²) < 4.78 is 55.0. The number of amides is 1. The molecule has 0 saturated carbocycles. The molecule has 0 aliphatic carbocycles. The van der Waals surface area contributed by atoms with Crippen molar-refractivity contribution in [2.24, 2.45) is 0 Å². The largest absolute Gasteiger partial charge is 0.444 e. The van der Waals surface area contributed by atoms with Crippen LogP contribution in [0.15, 0.2) is 0 Å². The maximum Gasteiger partial charge on any atom is 0.444 e. The first-order chi connectivity index (χ1) is 9.15. The van der Waals surface area contributed by atoms with E-state index in [1.165, 1.54) is 0 Å². The van der Waals surface area contributed by atoms with E-state index >= 15 is 0 Å². The number of halogens is 3. The van der Waals surface area contributed by atoms with Gasteiger partial charge in [-0.1, -0.05) is 0 Å². The number of ether oxygens (including phenoxy) is 2. The van der Waals surface area contributed by atoms with Crippen LogP contribution in [0.1, 0.15) is 20.8 Å². The molecule has 1 unspecified atom stereocenters. The predicted molar refractivity (Wildman–Crippen MR) is 72.1 cm³/mol. The van der Waals surface area contributed by atoms with E-state index in [0.717, 1.165) is 4.90 Å². The van der Waals surface area contributed by atoms with Crippen molar-refractivity contribution in [3.05, 3.63) is 0 Å². The van der Waals surface area contributed by atoms with E-state index in [1.807, 2.05) is 0 Å². The summed E-state index contributed by atoms with van der Waals surface area (Å²) in [5.74, 6) is -2.77. The van der Waals surface area contributed by atoms with Gasteiger partial charge >= 0.3 is 12.3 Å². The van der Waals surface area contributed by atoms with Gasteiger partial charge < -0.3 is 13.9 Å². The van der Waals surface area contributed by atoms with Crippen LogP contribution in [-0.4, -0.2) is 50.2 Å². The Morgan fingerprint density at radius 2 is 1.76 bits per heavy atom. The third kappa shape index (κ3) is 4.85. The molecule has 1 saturated heterocycles. The summed E-state index contributed by atoms with van der Waals surface area (Å²) >= 11 is 0. The summed E-state index contributed by atoms with van der Waals surface area (Å²) in [4.78, 5) is 12.7. The Morgan fingerprint density at radius 1 is 1.24 bits per heavy atom. The van der Waals surface area contributed by atoms with Gasteiger partial charge in [0.2, 0.25) is 0 Å². The zero-order valence-electron chi connectivity index (χ0n) is 13.1. The van der Waals surface area contributed by atoms with Gasteiger partial charge in [0.05, 0.1) is 6.54 Å². The molecule has 5 nitrogen and oxygen atoms in total. The minimum absolute atomic E-state index is 0.515. The van der Waals surface area contributed by atoms with Gasteiger partial charge in [-0.25, -0.2) is 4.79 Å². The smallest absolute Gasteiger partial charge is 0.444 e. The molecule has 0 bridgehead atoms. The standard InChI is InChI=1S/C12H22F3NO4Si/c1-10(2,3)19-9(17)16-7-11(18-8-16,12(13,14)15)20-21(4,5)6/h7-8H2,1-6H3. The second kappa shape index (κ2) is 5.44. The highest BCUT2D eigenvalue weighted by Crippen LogP contribution is 2.41. The van der Waals surface area contributed by atoms with Crippen molar-refractivity contribution in [1.82, 2.24) is 4.90 Å². The van der Waals surface area contributed by atoms with E-state index in [2.05, 4.69) is 0 Å². The van der Waals surface area contributed by atoms with Crippen LogP contribution in [0, 0.1) is 0 Å². The lowest BCUT2D eigenvalue weighted by Crippen LogP contribution is -2.56. The minimum Gasteiger partial charge on any atom is -0.444 e. The first-order valence-electron chi connectivity index (χ1n) is 6.54. The lowest BCUT2D eigenvalue weighted by Gasteiger charge is -2.35. The third-order valence-corrected chi connectivity index (χ3v) is 3.35. The molecule has 21 heavy (non-hydrogen) atoms. The van der Waals surface area contributed by atoms with Crippen molar-refractivity contribution in [2.45, 2.75) is 58.0 Å². The lowest BCUT2D eigenvalue weighted by molar-refractivity contribution is -0.334. The average Bonchev–Trinajstić information content (AvgIpc) is 2.56. The molecule has 0 N–H and O–H groups in total. The van der Waals surface area contributed by atoms with Crippen LogP contribution >= 0.6 is 0 Å². The molecule has 1 aliphatic rings. The molecular formula is C12H22F3NO4Si. The van der Waals surface area contributed by atoms with Gasteiger partial charge in [-0.3, -0.25) is 4.90 Å². The maximum absolute atomic E-state index is 13.3. The Morgan fingerprint density at radius 3 is 2.14 bits per heavy atom. The van der Waals surface area contributed by atoms with Crippen molar-refractivity contribution in [3.8, 4) is 0 Å². The number of rotatable bonds is 2. The van der Waals surface area contributed by atoms with Crippen LogP contribution in [0.3, 0.4) is 0 Å². The predicted octanol–water partition coefficient (Wildman–Crippen LogP) is 3.32. The molecular weight excluding hydrogens is 307 g/mol. The van der Waals surface area contributed by atoms with Crippen molar-refractivity contribution < 1.29 is 31.9 Å². The molecule has 124 valence electrons. The van der Waals surface area contributed by atoms with Crippen LogP contribution in [0.5, 0.6) is 0 Å². The van der Waals surface area contributed by atoms with E-state index in [4.69, 9.17) is 13.9 Å². The Kier molecular flexibility index (Phi) is 4.72. The summed E-state index contributed by atoms with van der Waals surface area (Å²) in [6.45, 7) is 8.54. The zero-order chi connectivity index (χ0) is 16.7. The van der Waals surface area contributed by atoms with Gasteiger partial charge in [-0.2, -0.15) is 13.2 Å². The molecule has 9 heteroatoms. The molecule has 0 aromatic carbocycles. The highest BCUT2D eigenvalue weighted by Gasteiger charge is 2.63. The fraction of sp³-hybridized carbons (Fsp3) is 0.917. The van der Waals surface area contributed by atoms with Crippen molar-refractivity contribution in [1.29, 1.82) is 0 Å². The highest BCUT2D eigenvalue weighted by molar-refractivity contribution is 6.69. The van der Waals surface area contributed by atoms with Gasteiger partial charge in [0, 0.05) is 0 Å². The number of nitrogens with zero attached hydrogens (tertiary/aromatic N) is 1. The Balaban J connectivity index is 2.90. The molecule has 0 aromatic heterocycles. The van der Waals surface area contributed by atoms with E-state index in [1.54, 1.807) is 40.4 Å². The van der Waals surface area contributed by atoms with Gasteiger partial charge in [0.15, 0.2) is 8.32 Å². The van der Waals surface area contributed by atoms with Crippen LogP contribution in [0.25, 0.3) is 0 Å². The number of carbonyl (C=O) groups is 1. The minimum atomic E-state index is -4.73. The van der Waals surface area contributed by atoms with Gasteiger partial charge in [-0.05, 0) is 40.4 Å². The van der Waals surface area contributed by atoms with E-state index in [9.17, 15) is 18.0 Å². The second-order valence-electron chi connectivity index (χ2n) is 6.92. The van der Waals surface area contributed by atoms with Gasteiger partial charge in [0.25, 0.3) is 5.79 Å². The Labute approximate surface area is 123 Å². The molecule has 0 spiro atoms. The maximum atomic E-state index is 13.3.